The first kappa shape index (κ1) is 14.0. The van der Waals surface area contributed by atoms with Gasteiger partial charge in [0.05, 0.1) is 10.5 Å². The molecule has 0 aliphatic carbocycles. The molecule has 1 amide bonds. The Kier molecular flexibility index (Phi) is 3.66. The van der Waals surface area contributed by atoms with Crippen LogP contribution in [-0.2, 0) is 11.0 Å². The Balaban J connectivity index is 2.25. The molecule has 1 fully saturated rings. The summed E-state index contributed by atoms with van der Waals surface area (Å²) in [5, 5.41) is 0.829. The lowest BCUT2D eigenvalue weighted by Crippen LogP contribution is -2.34. The van der Waals surface area contributed by atoms with Crippen LogP contribution in [-0.4, -0.2) is 15.2 Å². The maximum atomic E-state index is 12.4. The van der Waals surface area contributed by atoms with Crippen LogP contribution in [0.25, 0.3) is 6.08 Å². The number of nitrogens with zero attached hydrogens (tertiary/aromatic N) is 1. The quantitative estimate of drug-likeness (QED) is 0.375. The standard InChI is InChI=1S/C11H7F3N2OS2/c12-11(13,14)7-3-1-6(2-4-7)5-8-9(17)16(15)10(18)19-8/h1-5H,15H2/b8-5-. The summed E-state index contributed by atoms with van der Waals surface area (Å²) < 4.78 is 37.3. The van der Waals surface area contributed by atoms with Crippen molar-refractivity contribution in [3.8, 4) is 0 Å². The largest absolute Gasteiger partial charge is 0.416 e. The highest BCUT2D eigenvalue weighted by Gasteiger charge is 2.31. The van der Waals surface area contributed by atoms with Crippen LogP contribution in [0.5, 0.6) is 0 Å². The first-order valence-corrected chi connectivity index (χ1v) is 6.21. The van der Waals surface area contributed by atoms with Gasteiger partial charge in [-0.1, -0.05) is 36.1 Å². The van der Waals surface area contributed by atoms with Crippen LogP contribution < -0.4 is 5.84 Å². The number of hydrogen-bond donors (Lipinski definition) is 1. The van der Waals surface area contributed by atoms with Gasteiger partial charge in [0.15, 0.2) is 4.32 Å². The average molecular weight is 304 g/mol. The summed E-state index contributed by atoms with van der Waals surface area (Å²) in [6.07, 6.45) is -2.93. The minimum Gasteiger partial charge on any atom is -0.267 e. The minimum atomic E-state index is -4.38. The van der Waals surface area contributed by atoms with Gasteiger partial charge >= 0.3 is 6.18 Å². The highest BCUT2D eigenvalue weighted by Crippen LogP contribution is 2.32. The highest BCUT2D eigenvalue weighted by atomic mass is 32.2. The van der Waals surface area contributed by atoms with Crippen molar-refractivity contribution in [2.45, 2.75) is 6.18 Å². The Hall–Kier alpha value is -1.38. The maximum absolute atomic E-state index is 12.4. The van der Waals surface area contributed by atoms with Crippen molar-refractivity contribution in [2.75, 3.05) is 0 Å². The second kappa shape index (κ2) is 4.95. The molecule has 19 heavy (non-hydrogen) atoms. The lowest BCUT2D eigenvalue weighted by molar-refractivity contribution is -0.137. The molecule has 0 aromatic heterocycles. The number of nitrogens with two attached hydrogens (primary N) is 1. The number of hydrazine groups is 1. The van der Waals surface area contributed by atoms with E-state index in [0.717, 1.165) is 28.9 Å². The first-order valence-electron chi connectivity index (χ1n) is 4.99. The van der Waals surface area contributed by atoms with E-state index in [1.807, 2.05) is 0 Å². The van der Waals surface area contributed by atoms with Crippen molar-refractivity contribution in [3.63, 3.8) is 0 Å². The van der Waals surface area contributed by atoms with Gasteiger partial charge in [0.25, 0.3) is 5.91 Å². The van der Waals surface area contributed by atoms with Gasteiger partial charge < -0.3 is 0 Å². The van der Waals surface area contributed by atoms with E-state index >= 15 is 0 Å². The number of thioether (sulfide) groups is 1. The van der Waals surface area contributed by atoms with Gasteiger partial charge in [-0.25, -0.2) is 10.9 Å². The van der Waals surface area contributed by atoms with E-state index in [1.165, 1.54) is 18.2 Å². The molecule has 8 heteroatoms. The molecule has 3 nitrogen and oxygen atoms in total. The van der Waals surface area contributed by atoms with Crippen LogP contribution in [0.2, 0.25) is 0 Å². The molecule has 1 aromatic carbocycles. The number of benzene rings is 1. The molecule has 1 heterocycles. The minimum absolute atomic E-state index is 0.211. The molecular formula is C11H7F3N2OS2. The molecular weight excluding hydrogens is 297 g/mol. The van der Waals surface area contributed by atoms with Crippen molar-refractivity contribution >= 4 is 40.3 Å². The molecule has 2 N–H and O–H groups in total. The third-order valence-electron chi connectivity index (χ3n) is 2.36. The van der Waals surface area contributed by atoms with E-state index < -0.39 is 17.6 Å². The molecule has 1 aromatic rings. The Labute approximate surface area is 116 Å². The Morgan fingerprint density at radius 1 is 1.26 bits per heavy atom. The van der Waals surface area contributed by atoms with E-state index in [1.54, 1.807) is 0 Å². The molecule has 1 aliphatic heterocycles. The first-order chi connectivity index (χ1) is 8.79. The SMILES string of the molecule is NN1C(=O)/C(=C/c2ccc(C(F)(F)F)cc2)SC1=S. The second-order valence-electron chi connectivity index (χ2n) is 3.67. The molecule has 0 bridgehead atoms. The zero-order chi connectivity index (χ0) is 14.2. The molecule has 2 rings (SSSR count). The number of alkyl halides is 3. The van der Waals surface area contributed by atoms with Gasteiger partial charge in [-0.05, 0) is 23.8 Å². The summed E-state index contributed by atoms with van der Waals surface area (Å²) >= 11 is 5.84. The number of rotatable bonds is 1. The summed E-state index contributed by atoms with van der Waals surface area (Å²) in [5.41, 5.74) is -0.266. The van der Waals surface area contributed by atoms with Gasteiger partial charge in [0.1, 0.15) is 0 Å². The summed E-state index contributed by atoms with van der Waals surface area (Å²) in [4.78, 5) is 11.9. The van der Waals surface area contributed by atoms with Crippen molar-refractivity contribution in [1.82, 2.24) is 5.01 Å². The van der Waals surface area contributed by atoms with E-state index in [2.05, 4.69) is 0 Å². The van der Waals surface area contributed by atoms with Crippen LogP contribution in [0.15, 0.2) is 29.2 Å². The van der Waals surface area contributed by atoms with Crippen molar-refractivity contribution in [2.24, 2.45) is 5.84 Å². The Morgan fingerprint density at radius 2 is 1.84 bits per heavy atom. The van der Waals surface area contributed by atoms with Crippen molar-refractivity contribution in [1.29, 1.82) is 0 Å². The second-order valence-corrected chi connectivity index (χ2v) is 5.35. The summed E-state index contributed by atoms with van der Waals surface area (Å²) in [5.74, 6) is 4.92. The zero-order valence-electron chi connectivity index (χ0n) is 9.27. The molecule has 0 radical (unpaired) electrons. The van der Waals surface area contributed by atoms with Crippen LogP contribution in [0, 0.1) is 0 Å². The van der Waals surface area contributed by atoms with Crippen LogP contribution in [0.4, 0.5) is 13.2 Å². The number of thiocarbonyl (C=S) groups is 1. The molecule has 0 unspecified atom stereocenters. The van der Waals surface area contributed by atoms with E-state index in [0.29, 0.717) is 5.56 Å². The van der Waals surface area contributed by atoms with Crippen LogP contribution in [0.3, 0.4) is 0 Å². The summed E-state index contributed by atoms with van der Waals surface area (Å²) in [6.45, 7) is 0. The monoisotopic (exact) mass is 304 g/mol. The zero-order valence-corrected chi connectivity index (χ0v) is 10.9. The van der Waals surface area contributed by atoms with Gasteiger partial charge in [-0.3, -0.25) is 4.79 Å². The van der Waals surface area contributed by atoms with Crippen LogP contribution >= 0.6 is 24.0 Å². The number of carbonyl (C=O) groups excluding carboxylic acids is 1. The topological polar surface area (TPSA) is 46.3 Å². The van der Waals surface area contributed by atoms with Gasteiger partial charge in [0, 0.05) is 0 Å². The third-order valence-corrected chi connectivity index (χ3v) is 3.69. The van der Waals surface area contributed by atoms with E-state index in [9.17, 15) is 18.0 Å². The summed E-state index contributed by atoms with van der Waals surface area (Å²) in [6, 6.07) is 4.47. The van der Waals surface area contributed by atoms with Crippen LogP contribution in [0.1, 0.15) is 11.1 Å². The fourth-order valence-corrected chi connectivity index (χ4v) is 2.50. The fraction of sp³-hybridized carbons (Fsp3) is 0.0909. The number of carbonyl (C=O) groups is 1. The Bertz CT molecular complexity index is 566. The molecule has 1 saturated heterocycles. The van der Waals surface area contributed by atoms with E-state index in [4.69, 9.17) is 18.1 Å². The molecule has 0 spiro atoms. The lowest BCUT2D eigenvalue weighted by Gasteiger charge is -2.06. The van der Waals surface area contributed by atoms with Crippen molar-refractivity contribution < 1.29 is 18.0 Å². The predicted molar refractivity (Wildman–Crippen MR) is 70.6 cm³/mol. The fourth-order valence-electron chi connectivity index (χ4n) is 1.40. The molecule has 100 valence electrons. The lowest BCUT2D eigenvalue weighted by atomic mass is 10.1. The smallest absolute Gasteiger partial charge is 0.267 e. The third kappa shape index (κ3) is 2.96. The predicted octanol–water partition coefficient (Wildman–Crippen LogP) is 2.78. The normalized spacial score (nSPS) is 18.5. The van der Waals surface area contributed by atoms with Gasteiger partial charge in [0.2, 0.25) is 0 Å². The van der Waals surface area contributed by atoms with E-state index in [-0.39, 0.29) is 9.23 Å². The maximum Gasteiger partial charge on any atom is 0.416 e. The Morgan fingerprint density at radius 3 is 2.26 bits per heavy atom. The summed E-state index contributed by atoms with van der Waals surface area (Å²) in [7, 11) is 0. The highest BCUT2D eigenvalue weighted by molar-refractivity contribution is 8.26. The number of amides is 1. The number of halogens is 3. The number of hydrogen-bond acceptors (Lipinski definition) is 4. The molecule has 0 saturated carbocycles. The molecule has 1 aliphatic rings. The van der Waals surface area contributed by atoms with Gasteiger partial charge in [-0.15, -0.1) is 0 Å². The molecule has 0 atom stereocenters. The van der Waals surface area contributed by atoms with Crippen molar-refractivity contribution in [3.05, 3.63) is 40.3 Å². The average Bonchev–Trinajstić information content (AvgIpc) is 2.57. The van der Waals surface area contributed by atoms with Gasteiger partial charge in [-0.2, -0.15) is 13.2 Å².